The smallest absolute Gasteiger partial charge is 0.226 e. The monoisotopic (exact) mass is 380 g/mol. The van der Waals surface area contributed by atoms with Crippen molar-refractivity contribution in [1.29, 1.82) is 0 Å². The van der Waals surface area contributed by atoms with E-state index in [0.29, 0.717) is 6.04 Å². The van der Waals surface area contributed by atoms with Crippen LogP contribution in [-0.4, -0.2) is 36.2 Å². The average Bonchev–Trinajstić information content (AvgIpc) is 2.73. The standard InChI is InChI=1S/C22H25FN4O/c1-15-20-13-17(23)5-8-21(20)26-22(25-15)27-11-9-18(10-12-27)24-14-16-3-6-19(28-2)7-4-16/h3-8,13,18,24H,9-12,14H2,1-2H3. The first kappa shape index (κ1) is 18.6. The van der Waals surface area contributed by atoms with Gasteiger partial charge >= 0.3 is 0 Å². The number of fused-ring (bicyclic) bond motifs is 1. The van der Waals surface area contributed by atoms with Crippen molar-refractivity contribution in [2.45, 2.75) is 32.4 Å². The number of hydrogen-bond donors (Lipinski definition) is 1. The molecule has 6 heteroatoms. The van der Waals surface area contributed by atoms with Crippen LogP contribution < -0.4 is 15.0 Å². The van der Waals surface area contributed by atoms with Crippen LogP contribution in [0.2, 0.25) is 0 Å². The highest BCUT2D eigenvalue weighted by molar-refractivity contribution is 5.81. The van der Waals surface area contributed by atoms with Gasteiger partial charge in [-0.3, -0.25) is 0 Å². The van der Waals surface area contributed by atoms with Crippen LogP contribution in [0.25, 0.3) is 10.9 Å². The first-order valence-corrected chi connectivity index (χ1v) is 9.67. The summed E-state index contributed by atoms with van der Waals surface area (Å²) in [5.41, 5.74) is 2.87. The number of ether oxygens (including phenoxy) is 1. The van der Waals surface area contributed by atoms with Gasteiger partial charge in [0.25, 0.3) is 0 Å². The van der Waals surface area contributed by atoms with Crippen molar-refractivity contribution in [2.75, 3.05) is 25.1 Å². The van der Waals surface area contributed by atoms with E-state index in [1.165, 1.54) is 17.7 Å². The van der Waals surface area contributed by atoms with Crippen LogP contribution in [-0.2, 0) is 6.54 Å². The lowest BCUT2D eigenvalue weighted by Gasteiger charge is -2.32. The zero-order chi connectivity index (χ0) is 19.5. The fourth-order valence-electron chi connectivity index (χ4n) is 3.67. The number of anilines is 1. The Hall–Kier alpha value is -2.73. The molecule has 3 aromatic rings. The molecular formula is C22H25FN4O. The molecular weight excluding hydrogens is 355 g/mol. The summed E-state index contributed by atoms with van der Waals surface area (Å²) in [5.74, 6) is 1.37. The van der Waals surface area contributed by atoms with E-state index in [2.05, 4.69) is 32.3 Å². The third-order valence-corrected chi connectivity index (χ3v) is 5.37. The number of rotatable bonds is 5. The predicted octanol–water partition coefficient (Wildman–Crippen LogP) is 3.84. The molecule has 4 rings (SSSR count). The Kier molecular flexibility index (Phi) is 5.39. The third kappa shape index (κ3) is 4.07. The topological polar surface area (TPSA) is 50.3 Å². The average molecular weight is 380 g/mol. The van der Waals surface area contributed by atoms with Gasteiger partial charge in [0, 0.05) is 31.1 Å². The van der Waals surface area contributed by atoms with E-state index in [9.17, 15) is 4.39 Å². The summed E-state index contributed by atoms with van der Waals surface area (Å²) in [6.45, 7) is 4.58. The second kappa shape index (κ2) is 8.10. The van der Waals surface area contributed by atoms with Gasteiger partial charge in [-0.1, -0.05) is 12.1 Å². The van der Waals surface area contributed by atoms with E-state index in [1.54, 1.807) is 13.2 Å². The molecule has 1 N–H and O–H groups in total. The number of methoxy groups -OCH3 is 1. The molecule has 0 saturated carbocycles. The molecule has 1 fully saturated rings. The molecule has 1 aromatic heterocycles. The normalized spacial score (nSPS) is 15.2. The van der Waals surface area contributed by atoms with Crippen LogP contribution in [0.3, 0.4) is 0 Å². The van der Waals surface area contributed by atoms with E-state index in [4.69, 9.17) is 4.74 Å². The van der Waals surface area contributed by atoms with Gasteiger partial charge in [-0.15, -0.1) is 0 Å². The Balaban J connectivity index is 1.36. The maximum absolute atomic E-state index is 13.5. The minimum absolute atomic E-state index is 0.254. The van der Waals surface area contributed by atoms with E-state index in [0.717, 1.165) is 60.8 Å². The third-order valence-electron chi connectivity index (χ3n) is 5.37. The molecule has 0 unspecified atom stereocenters. The van der Waals surface area contributed by atoms with Crippen molar-refractivity contribution in [2.24, 2.45) is 0 Å². The zero-order valence-electron chi connectivity index (χ0n) is 16.3. The number of aryl methyl sites for hydroxylation is 1. The molecule has 146 valence electrons. The summed E-state index contributed by atoms with van der Waals surface area (Å²) < 4.78 is 18.7. The highest BCUT2D eigenvalue weighted by atomic mass is 19.1. The van der Waals surface area contributed by atoms with Gasteiger partial charge in [-0.2, -0.15) is 0 Å². The van der Waals surface area contributed by atoms with E-state index in [-0.39, 0.29) is 5.82 Å². The Morgan fingerprint density at radius 2 is 1.86 bits per heavy atom. The van der Waals surface area contributed by atoms with Crippen LogP contribution in [0.5, 0.6) is 5.75 Å². The van der Waals surface area contributed by atoms with Gasteiger partial charge in [0.2, 0.25) is 5.95 Å². The van der Waals surface area contributed by atoms with Crippen LogP contribution in [0.4, 0.5) is 10.3 Å². The SMILES string of the molecule is COc1ccc(CNC2CCN(c3nc(C)c4cc(F)ccc4n3)CC2)cc1. The maximum atomic E-state index is 13.5. The number of hydrogen-bond acceptors (Lipinski definition) is 5. The van der Waals surface area contributed by atoms with Crippen molar-refractivity contribution < 1.29 is 9.13 Å². The molecule has 2 heterocycles. The minimum Gasteiger partial charge on any atom is -0.497 e. The molecule has 0 bridgehead atoms. The second-order valence-corrected chi connectivity index (χ2v) is 7.26. The van der Waals surface area contributed by atoms with Crippen LogP contribution in [0.15, 0.2) is 42.5 Å². The molecule has 1 aliphatic heterocycles. The molecule has 1 saturated heterocycles. The maximum Gasteiger partial charge on any atom is 0.226 e. The summed E-state index contributed by atoms with van der Waals surface area (Å²) in [7, 11) is 1.68. The largest absolute Gasteiger partial charge is 0.497 e. The van der Waals surface area contributed by atoms with Crippen LogP contribution >= 0.6 is 0 Å². The van der Waals surface area contributed by atoms with Crippen LogP contribution in [0.1, 0.15) is 24.1 Å². The number of piperidine rings is 1. The molecule has 1 aliphatic rings. The molecule has 0 spiro atoms. The summed E-state index contributed by atoms with van der Waals surface area (Å²) in [4.78, 5) is 11.5. The lowest BCUT2D eigenvalue weighted by molar-refractivity contribution is 0.409. The van der Waals surface area contributed by atoms with Gasteiger partial charge in [-0.25, -0.2) is 14.4 Å². The quantitative estimate of drug-likeness (QED) is 0.729. The van der Waals surface area contributed by atoms with E-state index in [1.807, 2.05) is 19.1 Å². The highest BCUT2D eigenvalue weighted by Crippen LogP contribution is 2.23. The molecule has 2 aromatic carbocycles. The number of nitrogens with one attached hydrogen (secondary N) is 1. The number of nitrogens with zero attached hydrogens (tertiary/aromatic N) is 3. The summed E-state index contributed by atoms with van der Waals surface area (Å²) >= 11 is 0. The lowest BCUT2D eigenvalue weighted by atomic mass is 10.0. The van der Waals surface area contributed by atoms with Crippen LogP contribution in [0, 0.1) is 12.7 Å². The second-order valence-electron chi connectivity index (χ2n) is 7.26. The summed E-state index contributed by atoms with van der Waals surface area (Å²) in [6.07, 6.45) is 2.08. The molecule has 5 nitrogen and oxygen atoms in total. The first-order valence-electron chi connectivity index (χ1n) is 9.67. The fourth-order valence-corrected chi connectivity index (χ4v) is 3.67. The summed E-state index contributed by atoms with van der Waals surface area (Å²) in [6, 6.07) is 13.3. The van der Waals surface area contributed by atoms with Crippen molar-refractivity contribution in [1.82, 2.24) is 15.3 Å². The highest BCUT2D eigenvalue weighted by Gasteiger charge is 2.21. The Bertz CT molecular complexity index is 953. The molecule has 28 heavy (non-hydrogen) atoms. The van der Waals surface area contributed by atoms with Crippen molar-refractivity contribution in [3.05, 3.63) is 59.5 Å². The van der Waals surface area contributed by atoms with Crippen molar-refractivity contribution >= 4 is 16.9 Å². The summed E-state index contributed by atoms with van der Waals surface area (Å²) in [5, 5.41) is 4.42. The number of aromatic nitrogens is 2. The molecule has 0 aliphatic carbocycles. The minimum atomic E-state index is -0.254. The first-order chi connectivity index (χ1) is 13.6. The molecule has 0 amide bonds. The predicted molar refractivity (Wildman–Crippen MR) is 109 cm³/mol. The fraction of sp³-hybridized carbons (Fsp3) is 0.364. The van der Waals surface area contributed by atoms with Crippen molar-refractivity contribution in [3.63, 3.8) is 0 Å². The van der Waals surface area contributed by atoms with Crippen molar-refractivity contribution in [3.8, 4) is 5.75 Å². The van der Waals surface area contributed by atoms with Gasteiger partial charge in [-0.05, 0) is 55.7 Å². The number of halogens is 1. The lowest BCUT2D eigenvalue weighted by Crippen LogP contribution is -2.43. The number of benzene rings is 2. The van der Waals surface area contributed by atoms with Gasteiger partial charge < -0.3 is 15.0 Å². The Morgan fingerprint density at radius 3 is 2.57 bits per heavy atom. The molecule has 0 atom stereocenters. The zero-order valence-corrected chi connectivity index (χ0v) is 16.3. The van der Waals surface area contributed by atoms with Gasteiger partial charge in [0.1, 0.15) is 11.6 Å². The Morgan fingerprint density at radius 1 is 1.11 bits per heavy atom. The Labute approximate surface area is 164 Å². The van der Waals surface area contributed by atoms with Gasteiger partial charge in [0.05, 0.1) is 18.3 Å². The van der Waals surface area contributed by atoms with Gasteiger partial charge in [0.15, 0.2) is 0 Å². The molecule has 0 radical (unpaired) electrons. The van der Waals surface area contributed by atoms with E-state index < -0.39 is 0 Å². The van der Waals surface area contributed by atoms with E-state index >= 15 is 0 Å².